The van der Waals surface area contributed by atoms with Gasteiger partial charge in [-0.15, -0.1) is 0 Å². The second kappa shape index (κ2) is 9.11. The van der Waals surface area contributed by atoms with Gasteiger partial charge in [-0.25, -0.2) is 8.42 Å². The zero-order valence-electron chi connectivity index (χ0n) is 14.8. The maximum Gasteiger partial charge on any atom is 0.243 e. The van der Waals surface area contributed by atoms with E-state index in [-0.39, 0.29) is 17.2 Å². The molecular weight excluding hydrogens is 408 g/mol. The Morgan fingerprint density at radius 1 is 1.37 bits per heavy atom. The van der Waals surface area contributed by atoms with Crippen molar-refractivity contribution in [2.75, 3.05) is 43.9 Å². The van der Waals surface area contributed by atoms with Gasteiger partial charge in [-0.05, 0) is 17.9 Å². The Balaban J connectivity index is 1.67. The van der Waals surface area contributed by atoms with Gasteiger partial charge in [-0.3, -0.25) is 4.79 Å². The second-order valence-electron chi connectivity index (χ2n) is 5.64. The predicted molar refractivity (Wildman–Crippen MR) is 105 cm³/mol. The third-order valence-corrected chi connectivity index (χ3v) is 7.26. The maximum absolute atomic E-state index is 12.7. The topological polar surface area (TPSA) is 101 Å². The van der Waals surface area contributed by atoms with Crippen LogP contribution in [0, 0.1) is 0 Å². The minimum Gasteiger partial charge on any atom is -0.379 e. The van der Waals surface area contributed by atoms with Crippen LogP contribution < -0.4 is 5.32 Å². The molecule has 1 fully saturated rings. The molecule has 1 aliphatic heterocycles. The minimum atomic E-state index is -3.63. The van der Waals surface area contributed by atoms with Crippen LogP contribution in [0.5, 0.6) is 0 Å². The van der Waals surface area contributed by atoms with E-state index in [1.165, 1.54) is 39.7 Å². The monoisotopic (exact) mass is 428 g/mol. The molecule has 1 N–H and O–H groups in total. The third kappa shape index (κ3) is 5.05. The van der Waals surface area contributed by atoms with Gasteiger partial charge in [0.05, 0.1) is 24.7 Å². The number of carbonyl (C=O) groups excluding carboxylic acids is 1. The molecule has 0 saturated carbocycles. The van der Waals surface area contributed by atoms with E-state index in [2.05, 4.69) is 14.7 Å². The second-order valence-corrected chi connectivity index (χ2v) is 9.56. The molecule has 0 spiro atoms. The first-order valence-corrected chi connectivity index (χ1v) is 11.6. The summed E-state index contributed by atoms with van der Waals surface area (Å²) in [6, 6.07) is 6.13. The van der Waals surface area contributed by atoms with E-state index in [4.69, 9.17) is 4.74 Å². The summed E-state index contributed by atoms with van der Waals surface area (Å²) >= 11 is 2.72. The molecule has 27 heavy (non-hydrogen) atoms. The molecule has 146 valence electrons. The summed E-state index contributed by atoms with van der Waals surface area (Å²) in [4.78, 5) is 16.9. The fraction of sp³-hybridized carbons (Fsp3) is 0.438. The van der Waals surface area contributed by atoms with Gasteiger partial charge in [0.2, 0.25) is 20.3 Å². The van der Waals surface area contributed by atoms with Gasteiger partial charge in [-0.2, -0.15) is 13.7 Å². The average Bonchev–Trinajstić information content (AvgIpc) is 3.15. The van der Waals surface area contributed by atoms with E-state index >= 15 is 0 Å². The van der Waals surface area contributed by atoms with Gasteiger partial charge in [-0.1, -0.05) is 30.8 Å². The molecular formula is C16H20N4O4S3. The number of rotatable bonds is 8. The van der Waals surface area contributed by atoms with Crippen molar-refractivity contribution in [2.45, 2.75) is 17.0 Å². The van der Waals surface area contributed by atoms with E-state index in [1.807, 2.05) is 6.92 Å². The van der Waals surface area contributed by atoms with Crippen LogP contribution in [0.3, 0.4) is 0 Å². The van der Waals surface area contributed by atoms with E-state index in [0.29, 0.717) is 42.2 Å². The Bertz CT molecular complexity index is 895. The largest absolute Gasteiger partial charge is 0.379 e. The van der Waals surface area contributed by atoms with Crippen molar-refractivity contribution in [3.63, 3.8) is 0 Å². The van der Waals surface area contributed by atoms with Crippen LogP contribution in [0.4, 0.5) is 5.13 Å². The number of ether oxygens (including phenoxy) is 1. The van der Waals surface area contributed by atoms with Gasteiger partial charge < -0.3 is 10.1 Å². The molecule has 0 atom stereocenters. The standard InChI is InChI=1S/C16H20N4O4S3/c1-2-25-16-18-15(26-19-16)17-11-14(21)12-4-3-5-13(10-12)27(22,23)20-6-8-24-9-7-20/h3-5,10H,2,6-9,11H2,1H3,(H,17,18,19). The lowest BCUT2D eigenvalue weighted by Gasteiger charge is -2.26. The first-order valence-electron chi connectivity index (χ1n) is 8.42. The number of anilines is 1. The number of nitrogens with one attached hydrogen (secondary N) is 1. The number of aromatic nitrogens is 2. The zero-order valence-corrected chi connectivity index (χ0v) is 17.2. The zero-order chi connectivity index (χ0) is 19.3. The first-order chi connectivity index (χ1) is 13.0. The predicted octanol–water partition coefficient (Wildman–Crippen LogP) is 1.97. The summed E-state index contributed by atoms with van der Waals surface area (Å²) in [7, 11) is -3.63. The van der Waals surface area contributed by atoms with Crippen molar-refractivity contribution >= 4 is 44.2 Å². The summed E-state index contributed by atoms with van der Waals surface area (Å²) in [5.41, 5.74) is 0.338. The molecule has 11 heteroatoms. The molecule has 1 saturated heterocycles. The normalized spacial score (nSPS) is 15.6. The van der Waals surface area contributed by atoms with Gasteiger partial charge >= 0.3 is 0 Å². The Kier molecular flexibility index (Phi) is 6.82. The number of hydrogen-bond acceptors (Lipinski definition) is 9. The number of Topliss-reactive ketones (excluding diaryl/α,β-unsaturated/α-hetero) is 1. The molecule has 3 rings (SSSR count). The highest BCUT2D eigenvalue weighted by molar-refractivity contribution is 7.99. The van der Waals surface area contributed by atoms with Crippen LogP contribution in [-0.4, -0.2) is 66.5 Å². The lowest BCUT2D eigenvalue weighted by Crippen LogP contribution is -2.40. The highest BCUT2D eigenvalue weighted by Gasteiger charge is 2.26. The summed E-state index contributed by atoms with van der Waals surface area (Å²) < 4.78 is 36.2. The first kappa shape index (κ1) is 20.2. The van der Waals surface area contributed by atoms with Crippen LogP contribution in [0.25, 0.3) is 0 Å². The smallest absolute Gasteiger partial charge is 0.243 e. The number of morpholine rings is 1. The number of thioether (sulfide) groups is 1. The third-order valence-electron chi connectivity index (χ3n) is 3.84. The fourth-order valence-electron chi connectivity index (χ4n) is 2.49. The van der Waals surface area contributed by atoms with Crippen LogP contribution in [0.15, 0.2) is 34.3 Å². The highest BCUT2D eigenvalue weighted by Crippen LogP contribution is 2.21. The highest BCUT2D eigenvalue weighted by atomic mass is 32.2. The molecule has 2 aromatic rings. The van der Waals surface area contributed by atoms with Crippen molar-refractivity contribution in [2.24, 2.45) is 0 Å². The minimum absolute atomic E-state index is 0.0203. The number of hydrogen-bond donors (Lipinski definition) is 1. The molecule has 0 radical (unpaired) electrons. The van der Waals surface area contributed by atoms with E-state index in [0.717, 1.165) is 5.75 Å². The van der Waals surface area contributed by atoms with Crippen molar-refractivity contribution in [3.05, 3.63) is 29.8 Å². The Hall–Kier alpha value is -1.53. The van der Waals surface area contributed by atoms with Gasteiger partial charge in [0, 0.05) is 30.2 Å². The molecule has 1 aliphatic rings. The molecule has 0 amide bonds. The quantitative estimate of drug-likeness (QED) is 0.503. The molecule has 0 unspecified atom stereocenters. The van der Waals surface area contributed by atoms with Crippen LogP contribution in [0.2, 0.25) is 0 Å². The summed E-state index contributed by atoms with van der Waals surface area (Å²) in [5.74, 6) is 0.661. The lowest BCUT2D eigenvalue weighted by atomic mass is 10.1. The molecule has 8 nitrogen and oxygen atoms in total. The summed E-state index contributed by atoms with van der Waals surface area (Å²) in [6.07, 6.45) is 0. The van der Waals surface area contributed by atoms with Crippen molar-refractivity contribution in [3.8, 4) is 0 Å². The Labute approximate surface area is 166 Å². The Morgan fingerprint density at radius 3 is 2.89 bits per heavy atom. The molecule has 0 aliphatic carbocycles. The maximum atomic E-state index is 12.7. The SMILES string of the molecule is CCSc1nsc(NCC(=O)c2cccc(S(=O)(=O)N3CCOCC3)c2)n1. The van der Waals surface area contributed by atoms with Crippen LogP contribution in [-0.2, 0) is 14.8 Å². The lowest BCUT2D eigenvalue weighted by molar-refractivity contribution is 0.0730. The molecule has 1 aromatic heterocycles. The van der Waals surface area contributed by atoms with Crippen molar-refractivity contribution < 1.29 is 17.9 Å². The molecule has 1 aromatic carbocycles. The van der Waals surface area contributed by atoms with Gasteiger partial charge in [0.25, 0.3) is 0 Å². The van der Waals surface area contributed by atoms with E-state index in [1.54, 1.807) is 12.1 Å². The number of nitrogens with zero attached hydrogens (tertiary/aromatic N) is 3. The number of carbonyl (C=O) groups is 1. The van der Waals surface area contributed by atoms with E-state index in [9.17, 15) is 13.2 Å². The molecule has 2 heterocycles. The van der Waals surface area contributed by atoms with Crippen molar-refractivity contribution in [1.29, 1.82) is 0 Å². The fourth-order valence-corrected chi connectivity index (χ4v) is 5.21. The van der Waals surface area contributed by atoms with Crippen LogP contribution in [0.1, 0.15) is 17.3 Å². The van der Waals surface area contributed by atoms with Crippen molar-refractivity contribution in [1.82, 2.24) is 13.7 Å². The number of benzene rings is 1. The summed E-state index contributed by atoms with van der Waals surface area (Å²) in [5, 5.41) is 4.19. The van der Waals surface area contributed by atoms with Gasteiger partial charge in [0.1, 0.15) is 0 Å². The molecule has 0 bridgehead atoms. The average molecular weight is 429 g/mol. The van der Waals surface area contributed by atoms with Gasteiger partial charge in [0.15, 0.2) is 5.78 Å². The summed E-state index contributed by atoms with van der Waals surface area (Å²) in [6.45, 7) is 3.42. The van der Waals surface area contributed by atoms with E-state index < -0.39 is 10.0 Å². The number of sulfonamides is 1. The number of ketones is 1. The Morgan fingerprint density at radius 2 is 2.15 bits per heavy atom. The van der Waals surface area contributed by atoms with Crippen LogP contribution >= 0.6 is 23.3 Å².